The molecule has 144 valence electrons. The predicted octanol–water partition coefficient (Wildman–Crippen LogP) is 2.41. The zero-order valence-corrected chi connectivity index (χ0v) is 15.8. The second-order valence-electron chi connectivity index (χ2n) is 6.87. The molecule has 0 fully saturated rings. The van der Waals surface area contributed by atoms with E-state index in [1.54, 1.807) is 0 Å². The van der Waals surface area contributed by atoms with E-state index in [2.05, 4.69) is 17.1 Å². The molecule has 1 aliphatic rings. The van der Waals surface area contributed by atoms with Crippen LogP contribution >= 0.6 is 0 Å². The van der Waals surface area contributed by atoms with Gasteiger partial charge in [0.05, 0.1) is 0 Å². The van der Waals surface area contributed by atoms with Crippen molar-refractivity contribution in [2.45, 2.75) is 65.3 Å². The number of allylic oxidation sites excluding steroid dienone is 2. The Balaban J connectivity index is 2.39. The Bertz CT molecular complexity index is 763. The van der Waals surface area contributed by atoms with Gasteiger partial charge in [0.2, 0.25) is 5.91 Å². The molecule has 1 aliphatic carbocycles. The van der Waals surface area contributed by atoms with Gasteiger partial charge in [-0.2, -0.15) is 0 Å². The summed E-state index contributed by atoms with van der Waals surface area (Å²) in [7, 11) is 0. The largest absolute Gasteiger partial charge is 0.383 e. The van der Waals surface area contributed by atoms with E-state index in [1.165, 1.54) is 9.47 Å². The molecule has 2 rings (SSSR count). The van der Waals surface area contributed by atoms with Crippen molar-refractivity contribution in [3.8, 4) is 0 Å². The quantitative estimate of drug-likeness (QED) is 0.659. The van der Waals surface area contributed by atoms with Gasteiger partial charge in [-0.1, -0.05) is 38.8 Å². The number of aromatic amines is 1. The Kier molecular flexibility index (Phi) is 7.24. The summed E-state index contributed by atoms with van der Waals surface area (Å²) in [6.45, 7) is 4.88. The molecule has 0 saturated heterocycles. The van der Waals surface area contributed by atoms with Gasteiger partial charge in [0.1, 0.15) is 5.82 Å². The highest BCUT2D eigenvalue weighted by Crippen LogP contribution is 2.24. The van der Waals surface area contributed by atoms with Gasteiger partial charge in [-0.15, -0.1) is 0 Å². The molecule has 26 heavy (non-hydrogen) atoms. The first-order chi connectivity index (χ1) is 12.5. The molecule has 1 aromatic rings. The highest BCUT2D eigenvalue weighted by atomic mass is 16.2. The fourth-order valence-corrected chi connectivity index (χ4v) is 3.25. The summed E-state index contributed by atoms with van der Waals surface area (Å²) in [5.74, 6) is 0.171. The number of unbranched alkanes of at least 4 members (excludes halogenated alkanes) is 2. The molecule has 3 N–H and O–H groups in total. The summed E-state index contributed by atoms with van der Waals surface area (Å²) in [5.41, 5.74) is 5.18. The predicted molar refractivity (Wildman–Crippen MR) is 104 cm³/mol. The van der Waals surface area contributed by atoms with E-state index in [1.807, 2.05) is 13.8 Å². The number of nitrogens with two attached hydrogens (primary N) is 1. The van der Waals surface area contributed by atoms with Crippen LogP contribution in [-0.4, -0.2) is 22.0 Å². The minimum atomic E-state index is -0.591. The molecular weight excluding hydrogens is 332 g/mol. The molecule has 1 aromatic heterocycles. The molecule has 0 radical (unpaired) electrons. The molecule has 0 bridgehead atoms. The minimum Gasteiger partial charge on any atom is -0.383 e. The van der Waals surface area contributed by atoms with Gasteiger partial charge >= 0.3 is 5.69 Å². The zero-order chi connectivity index (χ0) is 19.1. The normalized spacial score (nSPS) is 16.2. The number of aromatic nitrogens is 2. The third-order valence-electron chi connectivity index (χ3n) is 4.80. The van der Waals surface area contributed by atoms with Crippen molar-refractivity contribution >= 4 is 17.4 Å². The van der Waals surface area contributed by atoms with Crippen LogP contribution in [0.5, 0.6) is 0 Å². The summed E-state index contributed by atoms with van der Waals surface area (Å²) >= 11 is 0. The van der Waals surface area contributed by atoms with Crippen LogP contribution in [-0.2, 0) is 11.3 Å². The smallest absolute Gasteiger partial charge is 0.330 e. The van der Waals surface area contributed by atoms with Crippen molar-refractivity contribution in [3.63, 3.8) is 0 Å². The number of anilines is 2. The maximum atomic E-state index is 12.9. The molecule has 1 amide bonds. The first-order valence-electron chi connectivity index (χ1n) is 9.59. The lowest BCUT2D eigenvalue weighted by Crippen LogP contribution is -2.42. The molecule has 1 unspecified atom stereocenters. The lowest BCUT2D eigenvalue weighted by atomic mass is 10.0. The molecule has 1 atom stereocenters. The van der Waals surface area contributed by atoms with Crippen molar-refractivity contribution in [3.05, 3.63) is 33.0 Å². The van der Waals surface area contributed by atoms with E-state index >= 15 is 0 Å². The number of H-pyrrole nitrogens is 1. The fraction of sp³-hybridized carbons (Fsp3) is 0.632. The number of nitrogen functional groups attached to an aromatic ring is 1. The van der Waals surface area contributed by atoms with Crippen molar-refractivity contribution < 1.29 is 4.79 Å². The number of hydrogen-bond acceptors (Lipinski definition) is 4. The summed E-state index contributed by atoms with van der Waals surface area (Å²) in [4.78, 5) is 41.3. The van der Waals surface area contributed by atoms with Crippen LogP contribution < -0.4 is 21.9 Å². The highest BCUT2D eigenvalue weighted by Gasteiger charge is 2.25. The molecule has 0 aromatic carbocycles. The number of amides is 1. The summed E-state index contributed by atoms with van der Waals surface area (Å²) in [6.07, 6.45) is 9.75. The number of carbonyl (C=O) groups is 1. The third kappa shape index (κ3) is 4.65. The number of nitrogens with zero attached hydrogens (tertiary/aromatic N) is 2. The second kappa shape index (κ2) is 9.40. The van der Waals surface area contributed by atoms with E-state index in [4.69, 9.17) is 5.73 Å². The van der Waals surface area contributed by atoms with Crippen LogP contribution in [0.25, 0.3) is 0 Å². The Morgan fingerprint density at radius 1 is 1.31 bits per heavy atom. The van der Waals surface area contributed by atoms with Crippen molar-refractivity contribution in [1.29, 1.82) is 0 Å². The summed E-state index contributed by atoms with van der Waals surface area (Å²) < 4.78 is 1.36. The molecule has 7 heteroatoms. The number of carbonyl (C=O) groups excluding carboxylic acids is 1. The maximum Gasteiger partial charge on any atom is 0.330 e. The van der Waals surface area contributed by atoms with Crippen LogP contribution in [0.15, 0.2) is 21.7 Å². The van der Waals surface area contributed by atoms with Gasteiger partial charge < -0.3 is 10.6 Å². The van der Waals surface area contributed by atoms with E-state index in [-0.39, 0.29) is 23.3 Å². The van der Waals surface area contributed by atoms with E-state index in [9.17, 15) is 14.4 Å². The van der Waals surface area contributed by atoms with Crippen molar-refractivity contribution in [1.82, 2.24) is 9.55 Å². The topological polar surface area (TPSA) is 101 Å². The second-order valence-corrected chi connectivity index (χ2v) is 6.87. The van der Waals surface area contributed by atoms with E-state index in [0.717, 1.165) is 38.5 Å². The van der Waals surface area contributed by atoms with Crippen molar-refractivity contribution in [2.24, 2.45) is 5.92 Å². The molecular formula is C19H30N4O3. The monoisotopic (exact) mass is 362 g/mol. The van der Waals surface area contributed by atoms with E-state index < -0.39 is 11.2 Å². The molecule has 0 spiro atoms. The lowest BCUT2D eigenvalue weighted by Gasteiger charge is -2.25. The molecule has 0 saturated carbocycles. The van der Waals surface area contributed by atoms with Crippen LogP contribution in [0.4, 0.5) is 11.5 Å². The van der Waals surface area contributed by atoms with Crippen LogP contribution in [0.1, 0.15) is 58.8 Å². The first-order valence-corrected chi connectivity index (χ1v) is 9.59. The Hall–Kier alpha value is -2.31. The molecule has 7 nitrogen and oxygen atoms in total. The summed E-state index contributed by atoms with van der Waals surface area (Å²) in [6, 6.07) is 0. The fourth-order valence-electron chi connectivity index (χ4n) is 3.25. The highest BCUT2D eigenvalue weighted by molar-refractivity contribution is 5.95. The van der Waals surface area contributed by atoms with Gasteiger partial charge in [0, 0.05) is 19.5 Å². The SMILES string of the molecule is CCCCN(C(=O)CC1C=CCC1)c1c(N)n(CCCC)c(=O)[nH]c1=O. The number of hydrogen-bond donors (Lipinski definition) is 2. The minimum absolute atomic E-state index is 0.0821. The Morgan fingerprint density at radius 2 is 2.04 bits per heavy atom. The summed E-state index contributed by atoms with van der Waals surface area (Å²) in [5, 5.41) is 0. The number of rotatable bonds is 9. The van der Waals surface area contributed by atoms with Gasteiger partial charge in [0.25, 0.3) is 5.56 Å². The lowest BCUT2D eigenvalue weighted by molar-refractivity contribution is -0.119. The zero-order valence-electron chi connectivity index (χ0n) is 15.8. The molecule has 0 aliphatic heterocycles. The van der Waals surface area contributed by atoms with Gasteiger partial charge in [-0.3, -0.25) is 19.1 Å². The van der Waals surface area contributed by atoms with Gasteiger partial charge in [0.15, 0.2) is 5.69 Å². The third-order valence-corrected chi connectivity index (χ3v) is 4.80. The van der Waals surface area contributed by atoms with Gasteiger partial charge in [-0.25, -0.2) is 4.79 Å². The Labute approximate surface area is 153 Å². The van der Waals surface area contributed by atoms with Crippen molar-refractivity contribution in [2.75, 3.05) is 17.2 Å². The Morgan fingerprint density at radius 3 is 2.65 bits per heavy atom. The van der Waals surface area contributed by atoms with E-state index in [0.29, 0.717) is 19.5 Å². The van der Waals surface area contributed by atoms with Crippen LogP contribution in [0.3, 0.4) is 0 Å². The standard InChI is InChI=1S/C19H30N4O3/c1-3-5-11-22(15(24)13-14-9-7-8-10-14)16-17(20)23(12-6-4-2)19(26)21-18(16)25/h7,9,14H,3-6,8,10-13,20H2,1-2H3,(H,21,25,26). The average Bonchev–Trinajstić information content (AvgIpc) is 3.10. The number of nitrogens with one attached hydrogen (secondary N) is 1. The first kappa shape index (κ1) is 20.0. The van der Waals surface area contributed by atoms with Gasteiger partial charge in [-0.05, 0) is 31.6 Å². The van der Waals surface area contributed by atoms with Crippen LogP contribution in [0, 0.1) is 5.92 Å². The maximum absolute atomic E-state index is 12.9. The molecule has 1 heterocycles. The average molecular weight is 362 g/mol. The van der Waals surface area contributed by atoms with Crippen LogP contribution in [0.2, 0.25) is 0 Å².